The predicted molar refractivity (Wildman–Crippen MR) is 75.0 cm³/mol. The van der Waals surface area contributed by atoms with Crippen LogP contribution in [0.5, 0.6) is 0 Å². The highest BCUT2D eigenvalue weighted by molar-refractivity contribution is 6.30. The normalized spacial score (nSPS) is 14.4. The number of benzene rings is 1. The third-order valence-electron chi connectivity index (χ3n) is 2.87. The Kier molecular flexibility index (Phi) is 4.47. The van der Waals surface area contributed by atoms with Crippen molar-refractivity contribution in [2.45, 2.75) is 19.1 Å². The number of rotatable bonds is 4. The maximum absolute atomic E-state index is 10.0. The molecule has 0 saturated heterocycles. The zero-order valence-corrected chi connectivity index (χ0v) is 11.8. The van der Waals surface area contributed by atoms with Gasteiger partial charge in [0.1, 0.15) is 11.3 Å². The van der Waals surface area contributed by atoms with E-state index in [4.69, 9.17) is 23.2 Å². The molecule has 0 bridgehead atoms. The SMILES string of the molecule is Cc1nn(-c2ccccc2)c(Cl)c1C(O)C(O)CCl. The molecule has 2 N–H and O–H groups in total. The number of alkyl halides is 1. The van der Waals surface area contributed by atoms with Crippen LogP contribution in [0.4, 0.5) is 0 Å². The average molecular weight is 301 g/mol. The van der Waals surface area contributed by atoms with Crippen molar-refractivity contribution >= 4 is 23.2 Å². The maximum Gasteiger partial charge on any atom is 0.139 e. The van der Waals surface area contributed by atoms with Gasteiger partial charge in [-0.1, -0.05) is 29.8 Å². The second kappa shape index (κ2) is 5.92. The van der Waals surface area contributed by atoms with Gasteiger partial charge in [-0.05, 0) is 19.1 Å². The zero-order valence-electron chi connectivity index (χ0n) is 10.3. The lowest BCUT2D eigenvalue weighted by atomic mass is 10.1. The number of aliphatic hydroxyl groups is 2. The van der Waals surface area contributed by atoms with Crippen molar-refractivity contribution in [3.05, 3.63) is 46.7 Å². The van der Waals surface area contributed by atoms with Crippen molar-refractivity contribution in [2.75, 3.05) is 5.88 Å². The first-order valence-electron chi connectivity index (χ1n) is 5.78. The van der Waals surface area contributed by atoms with E-state index in [0.717, 1.165) is 5.69 Å². The van der Waals surface area contributed by atoms with Crippen LogP contribution in [0.1, 0.15) is 17.4 Å². The Morgan fingerprint density at radius 2 is 1.89 bits per heavy atom. The Labute approximate surface area is 121 Å². The molecule has 0 aliphatic heterocycles. The zero-order chi connectivity index (χ0) is 14.0. The van der Waals surface area contributed by atoms with Crippen LogP contribution >= 0.6 is 23.2 Å². The first-order chi connectivity index (χ1) is 9.06. The minimum Gasteiger partial charge on any atom is -0.389 e. The van der Waals surface area contributed by atoms with Gasteiger partial charge in [0.25, 0.3) is 0 Å². The van der Waals surface area contributed by atoms with Gasteiger partial charge < -0.3 is 10.2 Å². The Bertz CT molecular complexity index is 557. The van der Waals surface area contributed by atoms with Crippen LogP contribution in [0, 0.1) is 6.92 Å². The molecule has 0 saturated carbocycles. The summed E-state index contributed by atoms with van der Waals surface area (Å²) >= 11 is 11.8. The molecule has 0 fully saturated rings. The van der Waals surface area contributed by atoms with Gasteiger partial charge in [-0.25, -0.2) is 4.68 Å². The standard InChI is InChI=1S/C13H14Cl2N2O2/c1-8-11(12(19)10(18)7-14)13(15)17(16-8)9-5-3-2-4-6-9/h2-6,10,12,18-19H,7H2,1H3. The fourth-order valence-corrected chi connectivity index (χ4v) is 2.42. The Balaban J connectivity index is 2.46. The molecule has 0 aliphatic carbocycles. The van der Waals surface area contributed by atoms with Crippen molar-refractivity contribution in [1.29, 1.82) is 0 Å². The second-order valence-corrected chi connectivity index (χ2v) is 4.87. The van der Waals surface area contributed by atoms with Crippen LogP contribution in [-0.2, 0) is 0 Å². The smallest absolute Gasteiger partial charge is 0.139 e. The van der Waals surface area contributed by atoms with Crippen molar-refractivity contribution in [3.63, 3.8) is 0 Å². The molecule has 2 rings (SSSR count). The minimum atomic E-state index is -1.15. The first-order valence-corrected chi connectivity index (χ1v) is 6.70. The molecule has 1 aromatic carbocycles. The van der Waals surface area contributed by atoms with E-state index in [0.29, 0.717) is 11.3 Å². The Hall–Kier alpha value is -1.07. The number of aromatic nitrogens is 2. The number of aliphatic hydroxyl groups excluding tert-OH is 2. The highest BCUT2D eigenvalue weighted by Gasteiger charge is 2.26. The number of hydrogen-bond acceptors (Lipinski definition) is 3. The molecular formula is C13H14Cl2N2O2. The molecule has 0 spiro atoms. The molecule has 0 aliphatic rings. The van der Waals surface area contributed by atoms with E-state index in [2.05, 4.69) is 5.10 Å². The second-order valence-electron chi connectivity index (χ2n) is 4.20. The number of nitrogens with zero attached hydrogens (tertiary/aromatic N) is 2. The monoisotopic (exact) mass is 300 g/mol. The van der Waals surface area contributed by atoms with Crippen LogP contribution in [0.25, 0.3) is 5.69 Å². The van der Waals surface area contributed by atoms with E-state index in [1.807, 2.05) is 30.3 Å². The van der Waals surface area contributed by atoms with Crippen LogP contribution in [0.3, 0.4) is 0 Å². The molecule has 0 radical (unpaired) electrons. The molecule has 102 valence electrons. The van der Waals surface area contributed by atoms with Crippen LogP contribution in [-0.4, -0.2) is 32.0 Å². The van der Waals surface area contributed by atoms with Crippen molar-refractivity contribution in [2.24, 2.45) is 0 Å². The number of hydrogen-bond donors (Lipinski definition) is 2. The van der Waals surface area contributed by atoms with E-state index in [9.17, 15) is 10.2 Å². The summed E-state index contributed by atoms with van der Waals surface area (Å²) in [5.41, 5.74) is 1.75. The number of para-hydroxylation sites is 1. The summed E-state index contributed by atoms with van der Waals surface area (Å²) < 4.78 is 1.52. The fourth-order valence-electron chi connectivity index (χ4n) is 1.86. The summed E-state index contributed by atoms with van der Waals surface area (Å²) in [5, 5.41) is 24.2. The molecule has 6 heteroatoms. The highest BCUT2D eigenvalue weighted by Crippen LogP contribution is 2.30. The minimum absolute atomic E-state index is 0.0759. The summed E-state index contributed by atoms with van der Waals surface area (Å²) in [6.07, 6.45) is -2.23. The van der Waals surface area contributed by atoms with Gasteiger partial charge in [-0.15, -0.1) is 11.6 Å². The number of aryl methyl sites for hydroxylation is 1. The van der Waals surface area contributed by atoms with Crippen molar-refractivity contribution in [3.8, 4) is 5.69 Å². The quantitative estimate of drug-likeness (QED) is 0.853. The average Bonchev–Trinajstić information content (AvgIpc) is 2.73. The topological polar surface area (TPSA) is 58.3 Å². The van der Waals surface area contributed by atoms with E-state index in [1.54, 1.807) is 6.92 Å². The van der Waals surface area contributed by atoms with Crippen molar-refractivity contribution < 1.29 is 10.2 Å². The van der Waals surface area contributed by atoms with Gasteiger partial charge in [0.2, 0.25) is 0 Å². The fraction of sp³-hybridized carbons (Fsp3) is 0.308. The summed E-state index contributed by atoms with van der Waals surface area (Å²) in [4.78, 5) is 0. The molecule has 1 aromatic heterocycles. The third-order valence-corrected chi connectivity index (χ3v) is 3.55. The summed E-state index contributed by atoms with van der Waals surface area (Å²) in [5.74, 6) is -0.0759. The summed E-state index contributed by atoms with van der Waals surface area (Å²) in [6.45, 7) is 1.73. The molecule has 19 heavy (non-hydrogen) atoms. The largest absolute Gasteiger partial charge is 0.389 e. The third kappa shape index (κ3) is 2.77. The predicted octanol–water partition coefficient (Wildman–Crippen LogP) is 2.47. The van der Waals surface area contributed by atoms with E-state index >= 15 is 0 Å². The Morgan fingerprint density at radius 1 is 1.26 bits per heavy atom. The van der Waals surface area contributed by atoms with E-state index in [1.165, 1.54) is 4.68 Å². The molecule has 4 nitrogen and oxygen atoms in total. The Morgan fingerprint density at radius 3 is 2.47 bits per heavy atom. The van der Waals surface area contributed by atoms with E-state index < -0.39 is 12.2 Å². The molecular weight excluding hydrogens is 287 g/mol. The van der Waals surface area contributed by atoms with E-state index in [-0.39, 0.29) is 11.0 Å². The van der Waals surface area contributed by atoms with Gasteiger partial charge >= 0.3 is 0 Å². The van der Waals surface area contributed by atoms with Gasteiger partial charge in [-0.3, -0.25) is 0 Å². The van der Waals surface area contributed by atoms with Crippen LogP contribution in [0.15, 0.2) is 30.3 Å². The summed E-state index contributed by atoms with van der Waals surface area (Å²) in [7, 11) is 0. The molecule has 2 atom stereocenters. The lowest BCUT2D eigenvalue weighted by molar-refractivity contribution is 0.0324. The molecule has 0 amide bonds. The first kappa shape index (κ1) is 14.3. The van der Waals surface area contributed by atoms with Crippen molar-refractivity contribution in [1.82, 2.24) is 9.78 Å². The van der Waals surface area contributed by atoms with Gasteiger partial charge in [0, 0.05) is 5.56 Å². The lowest BCUT2D eigenvalue weighted by Gasteiger charge is -2.15. The van der Waals surface area contributed by atoms with Gasteiger partial charge in [0.15, 0.2) is 0 Å². The van der Waals surface area contributed by atoms with Gasteiger partial charge in [-0.2, -0.15) is 5.10 Å². The number of halogens is 2. The lowest BCUT2D eigenvalue weighted by Crippen LogP contribution is -2.20. The van der Waals surface area contributed by atoms with Crippen LogP contribution in [0.2, 0.25) is 5.15 Å². The molecule has 2 aromatic rings. The molecule has 1 heterocycles. The van der Waals surface area contributed by atoms with Crippen LogP contribution < -0.4 is 0 Å². The van der Waals surface area contributed by atoms with Gasteiger partial charge in [0.05, 0.1) is 23.4 Å². The highest BCUT2D eigenvalue weighted by atomic mass is 35.5. The molecule has 2 unspecified atom stereocenters. The maximum atomic E-state index is 10.0. The summed E-state index contributed by atoms with van der Waals surface area (Å²) in [6, 6.07) is 9.33.